The van der Waals surface area contributed by atoms with E-state index in [-0.39, 0.29) is 16.5 Å². The van der Waals surface area contributed by atoms with E-state index in [1.54, 1.807) is 0 Å². The van der Waals surface area contributed by atoms with Crippen molar-refractivity contribution in [2.24, 2.45) is 0 Å². The molecule has 0 atom stereocenters. The van der Waals surface area contributed by atoms with Gasteiger partial charge in [-0.05, 0) is 25.0 Å². The maximum absolute atomic E-state index is 12.1. The number of nitro benzene ring substituents is 1. The zero-order chi connectivity index (χ0) is 15.3. The van der Waals surface area contributed by atoms with Crippen LogP contribution in [-0.4, -0.2) is 33.6 Å². The van der Waals surface area contributed by atoms with Crippen molar-refractivity contribution in [1.82, 2.24) is 4.72 Å². The topological polar surface area (TPSA) is 98.5 Å². The van der Waals surface area contributed by atoms with Crippen LogP contribution in [0.5, 0.6) is 0 Å². The Labute approximate surface area is 122 Å². The predicted molar refractivity (Wildman–Crippen MR) is 74.5 cm³/mol. The van der Waals surface area contributed by atoms with Crippen LogP contribution in [0.3, 0.4) is 0 Å². The van der Waals surface area contributed by atoms with Gasteiger partial charge in [-0.15, -0.1) is 0 Å². The Hall–Kier alpha value is -1.22. The minimum atomic E-state index is -3.81. The molecule has 1 aromatic carbocycles. The average molecular weight is 323 g/mol. The molecule has 0 unspecified atom stereocenters. The number of ether oxygens (including phenoxy) is 1. The normalized spacial score (nSPS) is 11.6. The second kappa shape index (κ2) is 6.98. The molecule has 0 spiro atoms. The summed E-state index contributed by atoms with van der Waals surface area (Å²) in [4.78, 5) is 9.94. The van der Waals surface area contributed by atoms with Gasteiger partial charge in [0, 0.05) is 26.3 Å². The summed E-state index contributed by atoms with van der Waals surface area (Å²) in [7, 11) is -2.30. The number of nitrogens with one attached hydrogen (secondary N) is 1. The molecule has 0 heterocycles. The summed E-state index contributed by atoms with van der Waals surface area (Å²) < 4.78 is 31.3. The first kappa shape index (κ1) is 16.8. The van der Waals surface area contributed by atoms with Crippen LogP contribution >= 0.6 is 11.6 Å². The maximum atomic E-state index is 12.1. The summed E-state index contributed by atoms with van der Waals surface area (Å²) in [6.07, 6.45) is 0.504. The number of rotatable bonds is 7. The molecule has 0 saturated heterocycles. The molecule has 0 fully saturated rings. The van der Waals surface area contributed by atoms with E-state index in [1.807, 2.05) is 0 Å². The molecular formula is C11H15ClN2O5S. The van der Waals surface area contributed by atoms with E-state index in [0.29, 0.717) is 18.6 Å². The highest BCUT2D eigenvalue weighted by Crippen LogP contribution is 2.29. The molecule has 1 aromatic rings. The Morgan fingerprint density at radius 1 is 1.45 bits per heavy atom. The van der Waals surface area contributed by atoms with Crippen molar-refractivity contribution in [1.29, 1.82) is 0 Å². The summed E-state index contributed by atoms with van der Waals surface area (Å²) >= 11 is 5.72. The number of halogens is 1. The summed E-state index contributed by atoms with van der Waals surface area (Å²) in [5.41, 5.74) is -0.0885. The zero-order valence-electron chi connectivity index (χ0n) is 11.1. The number of benzene rings is 1. The Bertz CT molecular complexity index is 603. The highest BCUT2D eigenvalue weighted by Gasteiger charge is 2.23. The molecule has 0 radical (unpaired) electrons. The number of aryl methyl sites for hydroxylation is 1. The van der Waals surface area contributed by atoms with Gasteiger partial charge in [-0.2, -0.15) is 0 Å². The molecule has 0 bridgehead atoms. The van der Waals surface area contributed by atoms with E-state index in [1.165, 1.54) is 20.1 Å². The molecule has 0 aliphatic rings. The van der Waals surface area contributed by atoms with Crippen LogP contribution in [0.1, 0.15) is 12.0 Å². The second-order valence-electron chi connectivity index (χ2n) is 4.07. The van der Waals surface area contributed by atoms with Crippen molar-refractivity contribution in [3.8, 4) is 0 Å². The number of hydrogen-bond donors (Lipinski definition) is 1. The summed E-state index contributed by atoms with van der Waals surface area (Å²) in [5.74, 6) is 0. The molecule has 0 aliphatic carbocycles. The molecule has 1 rings (SSSR count). The monoisotopic (exact) mass is 322 g/mol. The lowest BCUT2D eigenvalue weighted by Gasteiger charge is -2.09. The van der Waals surface area contributed by atoms with Gasteiger partial charge in [-0.25, -0.2) is 13.1 Å². The Morgan fingerprint density at radius 3 is 2.65 bits per heavy atom. The summed E-state index contributed by atoms with van der Waals surface area (Å²) in [6.45, 7) is 2.13. The Balaban J connectivity index is 3.05. The van der Waals surface area contributed by atoms with Gasteiger partial charge in [0.05, 0.1) is 9.82 Å². The highest BCUT2D eigenvalue weighted by atomic mass is 35.5. The van der Waals surface area contributed by atoms with E-state index in [2.05, 4.69) is 4.72 Å². The highest BCUT2D eigenvalue weighted by molar-refractivity contribution is 7.89. The van der Waals surface area contributed by atoms with Crippen molar-refractivity contribution in [3.63, 3.8) is 0 Å². The molecule has 1 N–H and O–H groups in total. The lowest BCUT2D eigenvalue weighted by molar-refractivity contribution is -0.384. The first-order valence-electron chi connectivity index (χ1n) is 5.72. The molecule has 112 valence electrons. The van der Waals surface area contributed by atoms with Crippen LogP contribution < -0.4 is 4.72 Å². The van der Waals surface area contributed by atoms with Gasteiger partial charge in [0.25, 0.3) is 5.69 Å². The van der Waals surface area contributed by atoms with Crippen LogP contribution in [0.15, 0.2) is 17.0 Å². The fourth-order valence-electron chi connectivity index (χ4n) is 1.57. The molecule has 7 nitrogen and oxygen atoms in total. The van der Waals surface area contributed by atoms with Crippen LogP contribution in [0, 0.1) is 17.0 Å². The molecule has 0 amide bonds. The van der Waals surface area contributed by atoms with Gasteiger partial charge in [0.1, 0.15) is 5.02 Å². The molecule has 9 heteroatoms. The lowest BCUT2D eigenvalue weighted by atomic mass is 10.2. The fourth-order valence-corrected chi connectivity index (χ4v) is 3.18. The van der Waals surface area contributed by atoms with Crippen molar-refractivity contribution in [2.45, 2.75) is 18.2 Å². The third-order valence-corrected chi connectivity index (χ3v) is 4.45. The minimum absolute atomic E-state index is 0.0918. The van der Waals surface area contributed by atoms with Crippen molar-refractivity contribution >= 4 is 27.3 Å². The molecule has 0 aromatic heterocycles. The maximum Gasteiger partial charge on any atom is 0.289 e. The van der Waals surface area contributed by atoms with Crippen molar-refractivity contribution in [2.75, 3.05) is 20.3 Å². The van der Waals surface area contributed by atoms with Crippen LogP contribution in [-0.2, 0) is 14.8 Å². The molecule has 0 aliphatic heterocycles. The van der Waals surface area contributed by atoms with E-state index in [0.717, 1.165) is 6.07 Å². The smallest absolute Gasteiger partial charge is 0.289 e. The minimum Gasteiger partial charge on any atom is -0.385 e. The summed E-state index contributed by atoms with van der Waals surface area (Å²) in [5, 5.41) is 10.7. The van der Waals surface area contributed by atoms with E-state index >= 15 is 0 Å². The Morgan fingerprint density at radius 2 is 2.10 bits per heavy atom. The van der Waals surface area contributed by atoms with E-state index in [4.69, 9.17) is 16.3 Å². The van der Waals surface area contributed by atoms with Crippen molar-refractivity contribution in [3.05, 3.63) is 32.8 Å². The first-order chi connectivity index (χ1) is 9.29. The first-order valence-corrected chi connectivity index (χ1v) is 7.59. The molecule has 20 heavy (non-hydrogen) atoms. The van der Waals surface area contributed by atoms with Gasteiger partial charge in [0.15, 0.2) is 0 Å². The van der Waals surface area contributed by atoms with Crippen LogP contribution in [0.4, 0.5) is 5.69 Å². The lowest BCUT2D eigenvalue weighted by Crippen LogP contribution is -2.26. The average Bonchev–Trinajstić information content (AvgIpc) is 2.33. The number of nitro groups is 1. The summed E-state index contributed by atoms with van der Waals surface area (Å²) in [6, 6.07) is 2.24. The SMILES string of the molecule is COCCCNS(=O)(=O)c1cc([N+](=O)[O-])c(Cl)cc1C. The van der Waals surface area contributed by atoms with Gasteiger partial charge >= 0.3 is 0 Å². The van der Waals surface area contributed by atoms with Gasteiger partial charge in [0.2, 0.25) is 10.0 Å². The Kier molecular flexibility index (Phi) is 5.88. The van der Waals surface area contributed by atoms with Gasteiger partial charge in [-0.1, -0.05) is 11.6 Å². The van der Waals surface area contributed by atoms with Crippen LogP contribution in [0.2, 0.25) is 5.02 Å². The second-order valence-corrected chi connectivity index (χ2v) is 6.21. The third kappa shape index (κ3) is 4.14. The number of hydrogen-bond acceptors (Lipinski definition) is 5. The largest absolute Gasteiger partial charge is 0.385 e. The van der Waals surface area contributed by atoms with Crippen molar-refractivity contribution < 1.29 is 18.1 Å². The number of methoxy groups -OCH3 is 1. The van der Waals surface area contributed by atoms with Crippen LogP contribution in [0.25, 0.3) is 0 Å². The predicted octanol–water partition coefficient (Wildman–Crippen LogP) is 1.87. The molecular weight excluding hydrogens is 308 g/mol. The fraction of sp³-hybridized carbons (Fsp3) is 0.455. The quantitative estimate of drug-likeness (QED) is 0.469. The van der Waals surface area contributed by atoms with E-state index in [9.17, 15) is 18.5 Å². The van der Waals surface area contributed by atoms with Gasteiger partial charge in [-0.3, -0.25) is 10.1 Å². The standard InChI is InChI=1S/C11H15ClN2O5S/c1-8-6-9(12)10(14(15)16)7-11(8)20(17,18)13-4-3-5-19-2/h6-7,13H,3-5H2,1-2H3. The zero-order valence-corrected chi connectivity index (χ0v) is 12.6. The van der Waals surface area contributed by atoms with Gasteiger partial charge < -0.3 is 4.74 Å². The number of nitrogens with zero attached hydrogens (tertiary/aromatic N) is 1. The third-order valence-electron chi connectivity index (χ3n) is 2.55. The molecule has 0 saturated carbocycles. The number of sulfonamides is 1. The van der Waals surface area contributed by atoms with E-state index < -0.39 is 20.6 Å².